The summed E-state index contributed by atoms with van der Waals surface area (Å²) in [5.41, 5.74) is 2.83. The van der Waals surface area contributed by atoms with Gasteiger partial charge in [-0.2, -0.15) is 0 Å². The second-order valence-electron chi connectivity index (χ2n) is 4.85. The minimum Gasteiger partial charge on any atom is -0.508 e. The molecule has 0 unspecified atom stereocenters. The van der Waals surface area contributed by atoms with E-state index in [1.54, 1.807) is 23.1 Å². The molecular formula is C16H15NO3. The second-order valence-corrected chi connectivity index (χ2v) is 4.85. The van der Waals surface area contributed by atoms with Crippen molar-refractivity contribution in [2.24, 2.45) is 0 Å². The molecule has 2 aromatic rings. The Morgan fingerprint density at radius 3 is 2.85 bits per heavy atom. The lowest BCUT2D eigenvalue weighted by Crippen LogP contribution is -2.38. The molecule has 0 aromatic heterocycles. The average molecular weight is 269 g/mol. The van der Waals surface area contributed by atoms with Gasteiger partial charge in [0, 0.05) is 6.07 Å². The highest BCUT2D eigenvalue weighted by Gasteiger charge is 2.26. The number of ether oxygens (including phenoxy) is 1. The number of hydrogen-bond donors (Lipinski definition) is 1. The van der Waals surface area contributed by atoms with Crippen LogP contribution in [0.2, 0.25) is 0 Å². The van der Waals surface area contributed by atoms with E-state index in [0.29, 0.717) is 18.0 Å². The molecule has 1 N–H and O–H groups in total. The van der Waals surface area contributed by atoms with Crippen LogP contribution in [0.1, 0.15) is 11.1 Å². The number of hydrogen-bond acceptors (Lipinski definition) is 3. The van der Waals surface area contributed by atoms with Crippen LogP contribution in [-0.4, -0.2) is 17.6 Å². The zero-order valence-corrected chi connectivity index (χ0v) is 11.2. The van der Waals surface area contributed by atoms with Gasteiger partial charge in [0.2, 0.25) is 0 Å². The Hall–Kier alpha value is -2.49. The van der Waals surface area contributed by atoms with Gasteiger partial charge in [0.15, 0.2) is 6.61 Å². The molecule has 0 atom stereocenters. The smallest absolute Gasteiger partial charge is 0.265 e. The maximum absolute atomic E-state index is 12.1. The van der Waals surface area contributed by atoms with Gasteiger partial charge in [-0.05, 0) is 30.2 Å². The van der Waals surface area contributed by atoms with Gasteiger partial charge in [-0.25, -0.2) is 0 Å². The van der Waals surface area contributed by atoms with Crippen molar-refractivity contribution in [3.8, 4) is 11.5 Å². The highest BCUT2D eigenvalue weighted by Crippen LogP contribution is 2.35. The SMILES string of the molecule is Cc1ccccc1CN1C(=O)COc2ccc(O)cc21. The molecule has 0 saturated carbocycles. The van der Waals surface area contributed by atoms with Gasteiger partial charge in [0.1, 0.15) is 11.5 Å². The van der Waals surface area contributed by atoms with E-state index in [-0.39, 0.29) is 18.3 Å². The van der Waals surface area contributed by atoms with Gasteiger partial charge in [0.25, 0.3) is 5.91 Å². The van der Waals surface area contributed by atoms with Crippen molar-refractivity contribution < 1.29 is 14.6 Å². The summed E-state index contributed by atoms with van der Waals surface area (Å²) in [7, 11) is 0. The molecule has 1 aliphatic heterocycles. The number of phenolic OH excluding ortho intramolecular Hbond substituents is 1. The number of nitrogens with zero attached hydrogens (tertiary/aromatic N) is 1. The number of carbonyl (C=O) groups excluding carboxylic acids is 1. The van der Waals surface area contributed by atoms with E-state index in [4.69, 9.17) is 4.74 Å². The topological polar surface area (TPSA) is 49.8 Å². The number of aryl methyl sites for hydroxylation is 1. The minimum absolute atomic E-state index is 0.0314. The Kier molecular flexibility index (Phi) is 3.06. The maximum Gasteiger partial charge on any atom is 0.265 e. The van der Waals surface area contributed by atoms with Gasteiger partial charge < -0.3 is 14.7 Å². The first-order valence-corrected chi connectivity index (χ1v) is 6.46. The van der Waals surface area contributed by atoms with Crippen LogP contribution < -0.4 is 9.64 Å². The van der Waals surface area contributed by atoms with Crippen molar-refractivity contribution >= 4 is 11.6 Å². The zero-order valence-electron chi connectivity index (χ0n) is 11.2. The largest absolute Gasteiger partial charge is 0.508 e. The number of benzene rings is 2. The van der Waals surface area contributed by atoms with Crippen LogP contribution in [-0.2, 0) is 11.3 Å². The summed E-state index contributed by atoms with van der Waals surface area (Å²) in [5, 5.41) is 9.62. The van der Waals surface area contributed by atoms with Crippen LogP contribution in [0.4, 0.5) is 5.69 Å². The lowest BCUT2D eigenvalue weighted by molar-refractivity contribution is -0.121. The molecule has 102 valence electrons. The Labute approximate surface area is 117 Å². The molecule has 0 radical (unpaired) electrons. The molecule has 0 spiro atoms. The fourth-order valence-corrected chi connectivity index (χ4v) is 2.32. The van der Waals surface area contributed by atoms with Crippen molar-refractivity contribution in [2.75, 3.05) is 11.5 Å². The monoisotopic (exact) mass is 269 g/mol. The van der Waals surface area contributed by atoms with Crippen LogP contribution in [0.25, 0.3) is 0 Å². The lowest BCUT2D eigenvalue weighted by Gasteiger charge is -2.30. The molecule has 2 aromatic carbocycles. The fourth-order valence-electron chi connectivity index (χ4n) is 2.32. The van der Waals surface area contributed by atoms with E-state index in [9.17, 15) is 9.90 Å². The quantitative estimate of drug-likeness (QED) is 0.911. The molecule has 0 aliphatic carbocycles. The molecule has 4 heteroatoms. The normalized spacial score (nSPS) is 13.8. The molecule has 20 heavy (non-hydrogen) atoms. The van der Waals surface area contributed by atoms with Crippen molar-refractivity contribution in [3.05, 3.63) is 53.6 Å². The van der Waals surface area contributed by atoms with E-state index >= 15 is 0 Å². The van der Waals surface area contributed by atoms with Crippen LogP contribution in [0.5, 0.6) is 11.5 Å². The summed E-state index contributed by atoms with van der Waals surface area (Å²) in [5.74, 6) is 0.638. The summed E-state index contributed by atoms with van der Waals surface area (Å²) >= 11 is 0. The minimum atomic E-state index is -0.105. The van der Waals surface area contributed by atoms with E-state index in [1.165, 1.54) is 0 Å². The molecule has 4 nitrogen and oxygen atoms in total. The van der Waals surface area contributed by atoms with Crippen LogP contribution in [0.15, 0.2) is 42.5 Å². The third-order valence-corrected chi connectivity index (χ3v) is 3.48. The summed E-state index contributed by atoms with van der Waals surface area (Å²) in [6.07, 6.45) is 0. The Morgan fingerprint density at radius 1 is 1.25 bits per heavy atom. The number of phenols is 1. The van der Waals surface area contributed by atoms with Gasteiger partial charge in [-0.15, -0.1) is 0 Å². The molecule has 3 rings (SSSR count). The van der Waals surface area contributed by atoms with Crippen molar-refractivity contribution in [1.29, 1.82) is 0 Å². The van der Waals surface area contributed by atoms with Crippen molar-refractivity contribution in [1.82, 2.24) is 0 Å². The van der Waals surface area contributed by atoms with Gasteiger partial charge in [0.05, 0.1) is 12.2 Å². The van der Waals surface area contributed by atoms with Crippen molar-refractivity contribution in [3.63, 3.8) is 0 Å². The number of amides is 1. The first-order chi connectivity index (χ1) is 9.65. The highest BCUT2D eigenvalue weighted by atomic mass is 16.5. The summed E-state index contributed by atoms with van der Waals surface area (Å²) in [6, 6.07) is 12.7. The van der Waals surface area contributed by atoms with Gasteiger partial charge in [-0.1, -0.05) is 24.3 Å². The average Bonchev–Trinajstić information content (AvgIpc) is 2.44. The number of aromatic hydroxyl groups is 1. The lowest BCUT2D eigenvalue weighted by atomic mass is 10.1. The molecule has 0 saturated heterocycles. The summed E-state index contributed by atoms with van der Waals surface area (Å²) < 4.78 is 5.39. The standard InChI is InChI=1S/C16H15NO3/c1-11-4-2-3-5-12(11)9-17-14-8-13(18)6-7-15(14)20-10-16(17)19/h2-8,18H,9-10H2,1H3. The van der Waals surface area contributed by atoms with Crippen molar-refractivity contribution in [2.45, 2.75) is 13.5 Å². The van der Waals surface area contributed by atoms with Crippen LogP contribution in [0.3, 0.4) is 0 Å². The number of fused-ring (bicyclic) bond motifs is 1. The second kappa shape index (κ2) is 4.89. The van der Waals surface area contributed by atoms with Gasteiger partial charge >= 0.3 is 0 Å². The van der Waals surface area contributed by atoms with Crippen LogP contribution in [0, 0.1) is 6.92 Å². The third-order valence-electron chi connectivity index (χ3n) is 3.48. The maximum atomic E-state index is 12.1. The summed E-state index contributed by atoms with van der Waals surface area (Å²) in [4.78, 5) is 13.8. The summed E-state index contributed by atoms with van der Waals surface area (Å²) in [6.45, 7) is 2.53. The van der Waals surface area contributed by atoms with Gasteiger partial charge in [-0.3, -0.25) is 4.79 Å². The highest BCUT2D eigenvalue weighted by molar-refractivity contribution is 5.98. The molecule has 1 aliphatic rings. The molecule has 0 bridgehead atoms. The van der Waals surface area contributed by atoms with E-state index in [1.807, 2.05) is 31.2 Å². The predicted octanol–water partition coefficient (Wildman–Crippen LogP) is 2.63. The first kappa shape index (κ1) is 12.5. The third kappa shape index (κ3) is 2.20. The van der Waals surface area contributed by atoms with E-state index in [2.05, 4.69) is 0 Å². The fraction of sp³-hybridized carbons (Fsp3) is 0.188. The molecule has 1 amide bonds. The molecular weight excluding hydrogens is 254 g/mol. The zero-order chi connectivity index (χ0) is 14.1. The number of rotatable bonds is 2. The number of anilines is 1. The molecule has 1 heterocycles. The first-order valence-electron chi connectivity index (χ1n) is 6.46. The Balaban J connectivity index is 1.99. The van der Waals surface area contributed by atoms with E-state index < -0.39 is 0 Å². The predicted molar refractivity (Wildman–Crippen MR) is 76.0 cm³/mol. The number of carbonyl (C=O) groups is 1. The Bertz CT molecular complexity index is 667. The van der Waals surface area contributed by atoms with E-state index in [0.717, 1.165) is 11.1 Å². The Morgan fingerprint density at radius 2 is 2.05 bits per heavy atom. The molecule has 0 fully saturated rings. The van der Waals surface area contributed by atoms with Crippen LogP contribution >= 0.6 is 0 Å².